The van der Waals surface area contributed by atoms with Crippen molar-refractivity contribution in [3.8, 4) is 0 Å². The SMILES string of the molecule is Cc1cc(Nc2cccc(C3CN(Cc4cn(C)c5ccccc45)CCO3)n2)nn1C. The van der Waals surface area contributed by atoms with E-state index in [4.69, 9.17) is 9.72 Å². The van der Waals surface area contributed by atoms with Crippen LogP contribution in [0.25, 0.3) is 10.9 Å². The molecule has 1 aromatic carbocycles. The largest absolute Gasteiger partial charge is 0.369 e. The van der Waals surface area contributed by atoms with Gasteiger partial charge in [-0.25, -0.2) is 4.98 Å². The highest BCUT2D eigenvalue weighted by atomic mass is 16.5. The van der Waals surface area contributed by atoms with Crippen LogP contribution in [0.2, 0.25) is 0 Å². The van der Waals surface area contributed by atoms with Gasteiger partial charge in [0.2, 0.25) is 0 Å². The second kappa shape index (κ2) is 8.17. The molecule has 0 spiro atoms. The number of hydrogen-bond acceptors (Lipinski definition) is 5. The van der Waals surface area contributed by atoms with E-state index < -0.39 is 0 Å². The Morgan fingerprint density at radius 2 is 1.97 bits per heavy atom. The Labute approximate surface area is 182 Å². The number of hydrogen-bond donors (Lipinski definition) is 1. The van der Waals surface area contributed by atoms with E-state index in [0.29, 0.717) is 6.61 Å². The van der Waals surface area contributed by atoms with Crippen molar-refractivity contribution in [3.05, 3.63) is 71.7 Å². The summed E-state index contributed by atoms with van der Waals surface area (Å²) in [6, 6.07) is 16.6. The maximum absolute atomic E-state index is 6.10. The lowest BCUT2D eigenvalue weighted by Gasteiger charge is -2.32. The van der Waals surface area contributed by atoms with E-state index in [-0.39, 0.29) is 6.10 Å². The van der Waals surface area contributed by atoms with Gasteiger partial charge >= 0.3 is 0 Å². The van der Waals surface area contributed by atoms with E-state index in [1.807, 2.05) is 42.9 Å². The van der Waals surface area contributed by atoms with Gasteiger partial charge in [0.05, 0.1) is 12.3 Å². The Morgan fingerprint density at radius 1 is 1.10 bits per heavy atom. The third kappa shape index (κ3) is 4.06. The summed E-state index contributed by atoms with van der Waals surface area (Å²) in [5.41, 5.74) is 4.67. The first-order valence-electron chi connectivity index (χ1n) is 10.7. The molecule has 0 aliphatic carbocycles. The minimum atomic E-state index is -0.0454. The monoisotopic (exact) mass is 416 g/mol. The molecule has 1 atom stereocenters. The molecule has 4 heterocycles. The number of aromatic nitrogens is 4. The highest BCUT2D eigenvalue weighted by molar-refractivity contribution is 5.83. The fraction of sp³-hybridized carbons (Fsp3) is 0.333. The topological polar surface area (TPSA) is 60.1 Å². The molecule has 31 heavy (non-hydrogen) atoms. The summed E-state index contributed by atoms with van der Waals surface area (Å²) in [5.74, 6) is 1.58. The van der Waals surface area contributed by atoms with E-state index in [0.717, 1.165) is 42.7 Å². The van der Waals surface area contributed by atoms with Gasteiger partial charge in [-0.2, -0.15) is 5.10 Å². The lowest BCUT2D eigenvalue weighted by Crippen LogP contribution is -2.38. The molecule has 1 aliphatic rings. The number of ether oxygens (including phenoxy) is 1. The Balaban J connectivity index is 1.31. The smallest absolute Gasteiger partial charge is 0.153 e. The molecular formula is C24H28N6O. The first-order valence-corrected chi connectivity index (χ1v) is 10.7. The van der Waals surface area contributed by atoms with Crippen LogP contribution in [0, 0.1) is 6.92 Å². The van der Waals surface area contributed by atoms with E-state index in [9.17, 15) is 0 Å². The number of morpholine rings is 1. The second-order valence-electron chi connectivity index (χ2n) is 8.24. The molecule has 5 rings (SSSR count). The van der Waals surface area contributed by atoms with Crippen molar-refractivity contribution >= 4 is 22.5 Å². The van der Waals surface area contributed by atoms with Crippen LogP contribution in [-0.4, -0.2) is 43.9 Å². The number of rotatable bonds is 5. The van der Waals surface area contributed by atoms with Crippen LogP contribution in [0.3, 0.4) is 0 Å². The normalized spacial score (nSPS) is 17.3. The molecule has 4 aromatic rings. The van der Waals surface area contributed by atoms with Crippen LogP contribution < -0.4 is 5.32 Å². The number of pyridine rings is 1. The molecular weight excluding hydrogens is 388 g/mol. The van der Waals surface area contributed by atoms with Gasteiger partial charge in [0.1, 0.15) is 11.9 Å². The number of aryl methyl sites for hydroxylation is 3. The standard InChI is InChI=1S/C24H28N6O/c1-17-13-24(27-29(17)3)26-23-10-6-8-20(25-23)22-16-30(11-12-31-22)15-18-14-28(2)21-9-5-4-7-19(18)21/h4-10,13-14,22H,11-12,15-16H2,1-3H3,(H,25,26,27). The Kier molecular flexibility index (Phi) is 5.21. The fourth-order valence-electron chi connectivity index (χ4n) is 4.27. The molecule has 7 heteroatoms. The molecule has 0 amide bonds. The average molecular weight is 417 g/mol. The van der Waals surface area contributed by atoms with Gasteiger partial charge in [-0.1, -0.05) is 24.3 Å². The summed E-state index contributed by atoms with van der Waals surface area (Å²) < 4.78 is 10.2. The molecule has 1 fully saturated rings. The summed E-state index contributed by atoms with van der Waals surface area (Å²) in [5, 5.41) is 9.08. The summed E-state index contributed by atoms with van der Waals surface area (Å²) in [7, 11) is 4.05. The van der Waals surface area contributed by atoms with E-state index in [1.165, 1.54) is 16.5 Å². The number of nitrogens with zero attached hydrogens (tertiary/aromatic N) is 5. The Hall–Kier alpha value is -3.16. The summed E-state index contributed by atoms with van der Waals surface area (Å²) in [6.07, 6.45) is 2.20. The van der Waals surface area contributed by atoms with Crippen molar-refractivity contribution < 1.29 is 4.74 Å². The third-order valence-electron chi connectivity index (χ3n) is 5.99. The highest BCUT2D eigenvalue weighted by Crippen LogP contribution is 2.26. The van der Waals surface area contributed by atoms with Gasteiger partial charge in [-0.05, 0) is 30.7 Å². The Morgan fingerprint density at radius 3 is 2.81 bits per heavy atom. The zero-order chi connectivity index (χ0) is 21.4. The molecule has 0 radical (unpaired) electrons. The molecule has 160 valence electrons. The average Bonchev–Trinajstić information content (AvgIpc) is 3.26. The van der Waals surface area contributed by atoms with Crippen LogP contribution in [0.1, 0.15) is 23.1 Å². The fourth-order valence-corrected chi connectivity index (χ4v) is 4.27. The van der Waals surface area contributed by atoms with Crippen LogP contribution in [0.4, 0.5) is 11.6 Å². The molecule has 1 saturated heterocycles. The summed E-state index contributed by atoms with van der Waals surface area (Å²) in [6.45, 7) is 5.39. The van der Waals surface area contributed by atoms with Crippen molar-refractivity contribution in [2.75, 3.05) is 25.0 Å². The van der Waals surface area contributed by atoms with Gasteiger partial charge in [0.25, 0.3) is 0 Å². The predicted octanol–water partition coefficient (Wildman–Crippen LogP) is 3.93. The quantitative estimate of drug-likeness (QED) is 0.534. The maximum Gasteiger partial charge on any atom is 0.153 e. The molecule has 7 nitrogen and oxygen atoms in total. The van der Waals surface area contributed by atoms with Crippen LogP contribution in [0.15, 0.2) is 54.7 Å². The summed E-state index contributed by atoms with van der Waals surface area (Å²) >= 11 is 0. The molecule has 1 aliphatic heterocycles. The molecule has 1 unspecified atom stereocenters. The van der Waals surface area contributed by atoms with Crippen molar-refractivity contribution in [3.63, 3.8) is 0 Å². The first kappa shape index (κ1) is 19.8. The number of benzene rings is 1. The third-order valence-corrected chi connectivity index (χ3v) is 5.99. The number of nitrogens with one attached hydrogen (secondary N) is 1. The second-order valence-corrected chi connectivity index (χ2v) is 8.24. The van der Waals surface area contributed by atoms with E-state index in [2.05, 4.69) is 57.4 Å². The molecule has 3 aromatic heterocycles. The molecule has 0 bridgehead atoms. The zero-order valence-electron chi connectivity index (χ0n) is 18.2. The van der Waals surface area contributed by atoms with Crippen LogP contribution in [0.5, 0.6) is 0 Å². The van der Waals surface area contributed by atoms with Gasteiger partial charge in [0.15, 0.2) is 5.82 Å². The van der Waals surface area contributed by atoms with Gasteiger partial charge in [-0.15, -0.1) is 0 Å². The lowest BCUT2D eigenvalue weighted by molar-refractivity contribution is -0.0348. The van der Waals surface area contributed by atoms with Crippen molar-refractivity contribution in [2.45, 2.75) is 19.6 Å². The van der Waals surface area contributed by atoms with Crippen LogP contribution in [-0.2, 0) is 25.4 Å². The number of para-hydroxylation sites is 1. The number of anilines is 2. The lowest BCUT2D eigenvalue weighted by atomic mass is 10.1. The Bertz CT molecular complexity index is 1190. The first-order chi connectivity index (χ1) is 15.1. The van der Waals surface area contributed by atoms with Crippen molar-refractivity contribution in [1.82, 2.24) is 24.2 Å². The van der Waals surface area contributed by atoms with Crippen molar-refractivity contribution in [1.29, 1.82) is 0 Å². The molecule has 0 saturated carbocycles. The molecule has 1 N–H and O–H groups in total. The maximum atomic E-state index is 6.10. The zero-order valence-corrected chi connectivity index (χ0v) is 18.2. The van der Waals surface area contributed by atoms with Gasteiger partial charge in [-0.3, -0.25) is 9.58 Å². The number of fused-ring (bicyclic) bond motifs is 1. The van der Waals surface area contributed by atoms with Gasteiger partial charge < -0.3 is 14.6 Å². The summed E-state index contributed by atoms with van der Waals surface area (Å²) in [4.78, 5) is 7.27. The van der Waals surface area contributed by atoms with E-state index in [1.54, 1.807) is 0 Å². The minimum absolute atomic E-state index is 0.0454. The van der Waals surface area contributed by atoms with E-state index >= 15 is 0 Å². The van der Waals surface area contributed by atoms with Crippen LogP contribution >= 0.6 is 0 Å². The minimum Gasteiger partial charge on any atom is -0.369 e. The van der Waals surface area contributed by atoms with Gasteiger partial charge in [0, 0.05) is 62.6 Å². The highest BCUT2D eigenvalue weighted by Gasteiger charge is 2.24. The van der Waals surface area contributed by atoms with Crippen molar-refractivity contribution in [2.24, 2.45) is 14.1 Å². The predicted molar refractivity (Wildman–Crippen MR) is 122 cm³/mol.